The molecule has 0 aromatic heterocycles. The number of phenolic OH excluding ortho intramolecular Hbond substituents is 1. The largest absolute Gasteiger partial charge is 0.508 e. The molecule has 0 heterocycles. The van der Waals surface area contributed by atoms with Gasteiger partial charge in [-0.1, -0.05) is 18.7 Å². The number of benzene rings is 1. The lowest BCUT2D eigenvalue weighted by Crippen LogP contribution is -2.42. The summed E-state index contributed by atoms with van der Waals surface area (Å²) in [5.41, 5.74) is 0.938. The number of hydrogen-bond acceptors (Lipinski definition) is 3. The Hall–Kier alpha value is -2.30. The number of nitrogens with zero attached hydrogens (tertiary/aromatic N) is 1. The number of aromatic hydroxyl groups is 1. The lowest BCUT2D eigenvalue weighted by atomic mass is 10.1. The van der Waals surface area contributed by atoms with Crippen LogP contribution in [0.15, 0.2) is 36.9 Å². The predicted octanol–water partition coefficient (Wildman–Crippen LogP) is 1.08. The molecule has 108 valence electrons. The van der Waals surface area contributed by atoms with Crippen molar-refractivity contribution in [3.63, 3.8) is 0 Å². The van der Waals surface area contributed by atoms with Gasteiger partial charge in [-0.3, -0.25) is 9.59 Å². The second-order valence-corrected chi connectivity index (χ2v) is 4.74. The zero-order valence-corrected chi connectivity index (χ0v) is 11.8. The summed E-state index contributed by atoms with van der Waals surface area (Å²) in [5, 5.41) is 12.2. The molecule has 0 aliphatic heterocycles. The Bertz CT molecular complexity index is 500. The zero-order valence-electron chi connectivity index (χ0n) is 11.8. The number of phenols is 1. The van der Waals surface area contributed by atoms with Crippen LogP contribution in [0, 0.1) is 0 Å². The Morgan fingerprint density at radius 1 is 1.50 bits per heavy atom. The maximum Gasteiger partial charge on any atom is 0.246 e. The smallest absolute Gasteiger partial charge is 0.246 e. The van der Waals surface area contributed by atoms with E-state index in [0.717, 1.165) is 5.56 Å². The van der Waals surface area contributed by atoms with Gasteiger partial charge in [-0.05, 0) is 37.1 Å². The minimum absolute atomic E-state index is 0.00473. The van der Waals surface area contributed by atoms with E-state index in [0.29, 0.717) is 6.42 Å². The molecule has 1 unspecified atom stereocenters. The first kappa shape index (κ1) is 15.8. The zero-order chi connectivity index (χ0) is 15.1. The monoisotopic (exact) mass is 276 g/mol. The minimum Gasteiger partial charge on any atom is -0.508 e. The van der Waals surface area contributed by atoms with Gasteiger partial charge in [0.1, 0.15) is 5.75 Å². The highest BCUT2D eigenvalue weighted by Crippen LogP contribution is 2.12. The molecule has 5 nitrogen and oxygen atoms in total. The molecule has 0 aliphatic carbocycles. The van der Waals surface area contributed by atoms with Crippen LogP contribution in [0.1, 0.15) is 12.5 Å². The predicted molar refractivity (Wildman–Crippen MR) is 77.2 cm³/mol. The van der Waals surface area contributed by atoms with Crippen molar-refractivity contribution in [1.29, 1.82) is 0 Å². The van der Waals surface area contributed by atoms with Gasteiger partial charge in [0, 0.05) is 13.1 Å². The van der Waals surface area contributed by atoms with Crippen molar-refractivity contribution in [2.24, 2.45) is 0 Å². The van der Waals surface area contributed by atoms with E-state index in [4.69, 9.17) is 0 Å². The van der Waals surface area contributed by atoms with E-state index >= 15 is 0 Å². The van der Waals surface area contributed by atoms with Gasteiger partial charge in [-0.2, -0.15) is 0 Å². The van der Waals surface area contributed by atoms with Crippen LogP contribution in [0.5, 0.6) is 5.75 Å². The number of carbonyl (C=O) groups is 2. The third kappa shape index (κ3) is 5.14. The van der Waals surface area contributed by atoms with Crippen molar-refractivity contribution >= 4 is 11.8 Å². The average Bonchev–Trinajstić information content (AvgIpc) is 2.37. The second kappa shape index (κ2) is 7.33. The van der Waals surface area contributed by atoms with Gasteiger partial charge in [0.05, 0.1) is 6.54 Å². The van der Waals surface area contributed by atoms with Crippen LogP contribution in [-0.2, 0) is 16.0 Å². The van der Waals surface area contributed by atoms with Crippen LogP contribution >= 0.6 is 0 Å². The first-order valence-corrected chi connectivity index (χ1v) is 6.37. The standard InChI is InChI=1S/C15H20N2O3/c1-4-15(20)17(3)10-14(19)16-11(2)8-12-6-5-7-13(18)9-12/h4-7,9,11,18H,1,8,10H2,2-3H3,(H,16,19). The molecule has 0 bridgehead atoms. The van der Waals surface area contributed by atoms with Gasteiger partial charge in [0.25, 0.3) is 0 Å². The first-order valence-electron chi connectivity index (χ1n) is 6.37. The highest BCUT2D eigenvalue weighted by Gasteiger charge is 2.12. The maximum atomic E-state index is 11.8. The summed E-state index contributed by atoms with van der Waals surface area (Å²) in [4.78, 5) is 24.3. The molecule has 0 saturated carbocycles. The maximum absolute atomic E-state index is 11.8. The van der Waals surface area contributed by atoms with Gasteiger partial charge in [-0.25, -0.2) is 0 Å². The lowest BCUT2D eigenvalue weighted by molar-refractivity contribution is -0.131. The van der Waals surface area contributed by atoms with Crippen molar-refractivity contribution in [2.45, 2.75) is 19.4 Å². The Morgan fingerprint density at radius 3 is 2.80 bits per heavy atom. The topological polar surface area (TPSA) is 69.6 Å². The first-order chi connectivity index (χ1) is 9.42. The molecule has 1 aromatic carbocycles. The van der Waals surface area contributed by atoms with Crippen molar-refractivity contribution in [3.8, 4) is 5.75 Å². The quantitative estimate of drug-likeness (QED) is 0.764. The van der Waals surface area contributed by atoms with Gasteiger partial charge < -0.3 is 15.3 Å². The van der Waals surface area contributed by atoms with E-state index in [9.17, 15) is 14.7 Å². The number of nitrogens with one attached hydrogen (secondary N) is 1. The lowest BCUT2D eigenvalue weighted by Gasteiger charge is -2.18. The van der Waals surface area contributed by atoms with E-state index in [1.54, 1.807) is 25.2 Å². The van der Waals surface area contributed by atoms with Gasteiger partial charge in [0.2, 0.25) is 11.8 Å². The van der Waals surface area contributed by atoms with E-state index in [1.807, 2.05) is 13.0 Å². The van der Waals surface area contributed by atoms with Gasteiger partial charge >= 0.3 is 0 Å². The highest BCUT2D eigenvalue weighted by atomic mass is 16.3. The fourth-order valence-corrected chi connectivity index (χ4v) is 1.86. The summed E-state index contributed by atoms with van der Waals surface area (Å²) in [6.45, 7) is 5.23. The van der Waals surface area contributed by atoms with Crippen molar-refractivity contribution in [1.82, 2.24) is 10.2 Å². The Morgan fingerprint density at radius 2 is 2.20 bits per heavy atom. The highest BCUT2D eigenvalue weighted by molar-refractivity contribution is 5.90. The molecule has 1 atom stereocenters. The summed E-state index contributed by atoms with van der Waals surface area (Å²) in [6, 6.07) is 6.82. The average molecular weight is 276 g/mol. The summed E-state index contributed by atoms with van der Waals surface area (Å²) < 4.78 is 0. The van der Waals surface area contributed by atoms with Crippen molar-refractivity contribution in [2.75, 3.05) is 13.6 Å². The molecule has 2 N–H and O–H groups in total. The molecule has 1 aromatic rings. The van der Waals surface area contributed by atoms with Crippen LogP contribution in [0.3, 0.4) is 0 Å². The number of rotatable bonds is 6. The fourth-order valence-electron chi connectivity index (χ4n) is 1.86. The molecule has 0 saturated heterocycles. The fraction of sp³-hybridized carbons (Fsp3) is 0.333. The van der Waals surface area contributed by atoms with Crippen LogP contribution in [0.25, 0.3) is 0 Å². The number of hydrogen-bond donors (Lipinski definition) is 2. The summed E-state index contributed by atoms with van der Waals surface area (Å²) >= 11 is 0. The molecule has 1 rings (SSSR count). The van der Waals surface area contributed by atoms with Crippen LogP contribution in [0.2, 0.25) is 0 Å². The van der Waals surface area contributed by atoms with E-state index < -0.39 is 0 Å². The second-order valence-electron chi connectivity index (χ2n) is 4.74. The Labute approximate surface area is 118 Å². The SMILES string of the molecule is C=CC(=O)N(C)CC(=O)NC(C)Cc1cccc(O)c1. The van der Waals surface area contributed by atoms with Gasteiger partial charge in [0.15, 0.2) is 0 Å². The Balaban J connectivity index is 2.46. The molecule has 0 spiro atoms. The van der Waals surface area contributed by atoms with Gasteiger partial charge in [-0.15, -0.1) is 0 Å². The molecule has 0 fully saturated rings. The molecule has 20 heavy (non-hydrogen) atoms. The van der Waals surface area contributed by atoms with Crippen LogP contribution < -0.4 is 5.32 Å². The van der Waals surface area contributed by atoms with Crippen LogP contribution in [0.4, 0.5) is 0 Å². The molecule has 2 amide bonds. The van der Waals surface area contributed by atoms with E-state index in [2.05, 4.69) is 11.9 Å². The number of carbonyl (C=O) groups excluding carboxylic acids is 2. The molecule has 0 radical (unpaired) electrons. The van der Waals surface area contributed by atoms with Crippen molar-refractivity contribution < 1.29 is 14.7 Å². The van der Waals surface area contributed by atoms with Crippen molar-refractivity contribution in [3.05, 3.63) is 42.5 Å². The summed E-state index contributed by atoms with van der Waals surface area (Å²) in [6.07, 6.45) is 1.78. The third-order valence-corrected chi connectivity index (χ3v) is 2.79. The number of amides is 2. The van der Waals surface area contributed by atoms with E-state index in [-0.39, 0.29) is 30.2 Å². The molecule has 5 heteroatoms. The third-order valence-electron chi connectivity index (χ3n) is 2.79. The number of likely N-dealkylation sites (N-methyl/N-ethyl adjacent to an activating group) is 1. The molecular weight excluding hydrogens is 256 g/mol. The van der Waals surface area contributed by atoms with E-state index in [1.165, 1.54) is 11.0 Å². The molecule has 0 aliphatic rings. The minimum atomic E-state index is -0.291. The summed E-state index contributed by atoms with van der Waals surface area (Å²) in [7, 11) is 1.55. The van der Waals surface area contributed by atoms with Crippen LogP contribution in [-0.4, -0.2) is 41.5 Å². The Kier molecular flexibility index (Phi) is 5.77. The normalized spacial score (nSPS) is 11.5. The molecular formula is C15H20N2O3. The summed E-state index contributed by atoms with van der Waals surface area (Å²) in [5.74, 6) is -0.312.